The molecule has 0 unspecified atom stereocenters. The summed E-state index contributed by atoms with van der Waals surface area (Å²) in [6.45, 7) is 2.25. The fourth-order valence-corrected chi connectivity index (χ4v) is 3.09. The maximum Gasteiger partial charge on any atom is 0.263 e. The van der Waals surface area contributed by atoms with Gasteiger partial charge in [0.1, 0.15) is 11.3 Å². The molecule has 1 amide bonds. The van der Waals surface area contributed by atoms with E-state index in [1.165, 1.54) is 23.9 Å². The van der Waals surface area contributed by atoms with Crippen molar-refractivity contribution in [3.63, 3.8) is 0 Å². The standard InChI is InChI=1S/C20H23N3O4/c1-12-6-13(12)8-18(24)14-7-17(19(25)21-2)20(26)23(10-14)11-15-9-16(27-3)4-5-22-15/h4-5,7,9-10,12-13H,6,8,11H2,1-3H3,(H,21,25)/t12-,13+/m0/s1. The molecule has 0 bridgehead atoms. The minimum Gasteiger partial charge on any atom is -0.497 e. The minimum atomic E-state index is -0.512. The predicted molar refractivity (Wildman–Crippen MR) is 100 cm³/mol. The summed E-state index contributed by atoms with van der Waals surface area (Å²) in [7, 11) is 3.00. The first-order valence-electron chi connectivity index (χ1n) is 8.91. The number of hydrogen-bond donors (Lipinski definition) is 1. The molecular weight excluding hydrogens is 346 g/mol. The van der Waals surface area contributed by atoms with Crippen molar-refractivity contribution < 1.29 is 14.3 Å². The summed E-state index contributed by atoms with van der Waals surface area (Å²) in [6, 6.07) is 4.82. The summed E-state index contributed by atoms with van der Waals surface area (Å²) in [4.78, 5) is 41.7. The van der Waals surface area contributed by atoms with E-state index in [2.05, 4.69) is 17.2 Å². The molecule has 0 saturated heterocycles. The average molecular weight is 369 g/mol. The third kappa shape index (κ3) is 4.24. The van der Waals surface area contributed by atoms with Gasteiger partial charge in [0.25, 0.3) is 11.5 Å². The number of aromatic nitrogens is 2. The summed E-state index contributed by atoms with van der Waals surface area (Å²) in [6.07, 6.45) is 4.58. The molecule has 0 spiro atoms. The van der Waals surface area contributed by atoms with Gasteiger partial charge in [-0.1, -0.05) is 6.92 Å². The zero-order valence-corrected chi connectivity index (χ0v) is 15.7. The Kier molecular flexibility index (Phi) is 5.39. The molecule has 1 aliphatic carbocycles. The molecule has 27 heavy (non-hydrogen) atoms. The summed E-state index contributed by atoms with van der Waals surface area (Å²) in [5, 5.41) is 2.46. The van der Waals surface area contributed by atoms with Crippen LogP contribution >= 0.6 is 0 Å². The minimum absolute atomic E-state index is 0.0462. The first-order chi connectivity index (χ1) is 12.9. The average Bonchev–Trinajstić information content (AvgIpc) is 3.37. The molecule has 1 aliphatic rings. The lowest BCUT2D eigenvalue weighted by atomic mass is 10.0. The highest BCUT2D eigenvalue weighted by molar-refractivity contribution is 6.00. The number of carbonyl (C=O) groups is 2. The van der Waals surface area contributed by atoms with Crippen molar-refractivity contribution in [1.29, 1.82) is 0 Å². The molecule has 2 heterocycles. The van der Waals surface area contributed by atoms with Crippen LogP contribution in [0.1, 0.15) is 46.2 Å². The van der Waals surface area contributed by atoms with Crippen molar-refractivity contribution >= 4 is 11.7 Å². The van der Waals surface area contributed by atoms with Gasteiger partial charge in [-0.25, -0.2) is 0 Å². The van der Waals surface area contributed by atoms with E-state index in [0.717, 1.165) is 6.42 Å². The predicted octanol–water partition coefficient (Wildman–Crippen LogP) is 1.89. The van der Waals surface area contributed by atoms with Crippen molar-refractivity contribution in [3.8, 4) is 5.75 Å². The number of pyridine rings is 2. The molecule has 2 atom stereocenters. The number of amides is 1. The van der Waals surface area contributed by atoms with E-state index in [4.69, 9.17) is 4.74 Å². The second-order valence-electron chi connectivity index (χ2n) is 6.94. The van der Waals surface area contributed by atoms with Crippen molar-refractivity contribution in [2.45, 2.75) is 26.3 Å². The third-order valence-corrected chi connectivity index (χ3v) is 4.96. The zero-order valence-electron chi connectivity index (χ0n) is 15.7. The van der Waals surface area contributed by atoms with Crippen LogP contribution < -0.4 is 15.6 Å². The maximum atomic E-state index is 12.7. The number of ether oxygens (including phenoxy) is 1. The van der Waals surface area contributed by atoms with Crippen molar-refractivity contribution in [3.05, 3.63) is 57.8 Å². The van der Waals surface area contributed by atoms with Crippen LogP contribution in [0.2, 0.25) is 0 Å². The molecule has 1 saturated carbocycles. The number of ketones is 1. The van der Waals surface area contributed by atoms with E-state index in [1.807, 2.05) is 0 Å². The SMILES string of the molecule is CNC(=O)c1cc(C(=O)C[C@H]2C[C@@H]2C)cn(Cc2cc(OC)ccn2)c1=O. The highest BCUT2D eigenvalue weighted by Gasteiger charge is 2.34. The highest BCUT2D eigenvalue weighted by Crippen LogP contribution is 2.41. The molecule has 0 aliphatic heterocycles. The maximum absolute atomic E-state index is 12.7. The molecule has 3 rings (SSSR count). The van der Waals surface area contributed by atoms with E-state index in [-0.39, 0.29) is 17.9 Å². The zero-order chi connectivity index (χ0) is 19.6. The Morgan fingerprint density at radius 2 is 2.11 bits per heavy atom. The molecule has 2 aromatic heterocycles. The van der Waals surface area contributed by atoms with Crippen LogP contribution in [0.5, 0.6) is 5.75 Å². The lowest BCUT2D eigenvalue weighted by Crippen LogP contribution is -2.32. The van der Waals surface area contributed by atoms with Crippen LogP contribution in [0.25, 0.3) is 0 Å². The number of Topliss-reactive ketones (excluding diaryl/α,β-unsaturated/α-hetero) is 1. The fourth-order valence-electron chi connectivity index (χ4n) is 3.09. The number of rotatable bonds is 7. The molecule has 2 aromatic rings. The second kappa shape index (κ2) is 7.73. The van der Waals surface area contributed by atoms with Gasteiger partial charge >= 0.3 is 0 Å². The number of nitrogens with zero attached hydrogens (tertiary/aromatic N) is 2. The van der Waals surface area contributed by atoms with Crippen LogP contribution in [0.3, 0.4) is 0 Å². The Labute approximate surface area is 157 Å². The van der Waals surface area contributed by atoms with Gasteiger partial charge in [0.05, 0.1) is 19.3 Å². The van der Waals surface area contributed by atoms with Gasteiger partial charge in [-0.05, 0) is 30.4 Å². The monoisotopic (exact) mass is 369 g/mol. The lowest BCUT2D eigenvalue weighted by molar-refractivity contribution is 0.0961. The molecule has 0 aromatic carbocycles. The largest absolute Gasteiger partial charge is 0.497 e. The Morgan fingerprint density at radius 3 is 2.74 bits per heavy atom. The molecular formula is C20H23N3O4. The van der Waals surface area contributed by atoms with E-state index in [9.17, 15) is 14.4 Å². The highest BCUT2D eigenvalue weighted by atomic mass is 16.5. The third-order valence-electron chi connectivity index (χ3n) is 4.96. The van der Waals surface area contributed by atoms with E-state index in [1.54, 1.807) is 25.4 Å². The first kappa shape index (κ1) is 18.8. The summed E-state index contributed by atoms with van der Waals surface area (Å²) in [5.74, 6) is 0.999. The second-order valence-corrected chi connectivity index (χ2v) is 6.94. The van der Waals surface area contributed by atoms with Crippen molar-refractivity contribution in [2.75, 3.05) is 14.2 Å². The topological polar surface area (TPSA) is 90.3 Å². The quantitative estimate of drug-likeness (QED) is 0.753. The lowest BCUT2D eigenvalue weighted by Gasteiger charge is -2.11. The molecule has 1 N–H and O–H groups in total. The number of carbonyl (C=O) groups excluding carboxylic acids is 2. The van der Waals surface area contributed by atoms with Crippen molar-refractivity contribution in [2.24, 2.45) is 11.8 Å². The van der Waals surface area contributed by atoms with Gasteiger partial charge in [-0.2, -0.15) is 0 Å². The first-order valence-corrected chi connectivity index (χ1v) is 8.91. The molecule has 7 nitrogen and oxygen atoms in total. The smallest absolute Gasteiger partial charge is 0.263 e. The Morgan fingerprint density at radius 1 is 1.37 bits per heavy atom. The summed E-state index contributed by atoms with van der Waals surface area (Å²) < 4.78 is 6.54. The Balaban J connectivity index is 1.97. The van der Waals surface area contributed by atoms with Crippen LogP contribution in [-0.4, -0.2) is 35.4 Å². The van der Waals surface area contributed by atoms with Crippen LogP contribution in [0.4, 0.5) is 0 Å². The Bertz CT molecular complexity index is 935. The van der Waals surface area contributed by atoms with Gasteiger partial charge in [0, 0.05) is 37.5 Å². The Hall–Kier alpha value is -2.96. The molecule has 142 valence electrons. The van der Waals surface area contributed by atoms with Gasteiger partial charge in [-0.15, -0.1) is 0 Å². The van der Waals surface area contributed by atoms with Gasteiger partial charge in [0.15, 0.2) is 5.78 Å². The van der Waals surface area contributed by atoms with Crippen LogP contribution in [-0.2, 0) is 6.54 Å². The van der Waals surface area contributed by atoms with E-state index >= 15 is 0 Å². The van der Waals surface area contributed by atoms with Crippen LogP contribution in [0, 0.1) is 11.8 Å². The summed E-state index contributed by atoms with van der Waals surface area (Å²) in [5.41, 5.74) is 0.459. The molecule has 0 radical (unpaired) electrons. The number of nitrogens with one attached hydrogen (secondary N) is 1. The van der Waals surface area contributed by atoms with E-state index < -0.39 is 11.5 Å². The molecule has 1 fully saturated rings. The summed E-state index contributed by atoms with van der Waals surface area (Å²) >= 11 is 0. The normalized spacial score (nSPS) is 18.0. The fraction of sp³-hybridized carbons (Fsp3) is 0.400. The molecule has 7 heteroatoms. The van der Waals surface area contributed by atoms with Gasteiger partial charge < -0.3 is 14.6 Å². The van der Waals surface area contributed by atoms with Gasteiger partial charge in [0.2, 0.25) is 0 Å². The van der Waals surface area contributed by atoms with Gasteiger partial charge in [-0.3, -0.25) is 19.4 Å². The number of methoxy groups -OCH3 is 1. The van der Waals surface area contributed by atoms with Crippen molar-refractivity contribution in [1.82, 2.24) is 14.9 Å². The number of hydrogen-bond acceptors (Lipinski definition) is 5. The van der Waals surface area contributed by atoms with E-state index in [0.29, 0.717) is 35.3 Å². The van der Waals surface area contributed by atoms with Crippen LogP contribution in [0.15, 0.2) is 35.4 Å².